The monoisotopic (exact) mass is 564 g/mol. The van der Waals surface area contributed by atoms with Crippen molar-refractivity contribution in [3.8, 4) is 16.2 Å². The molecule has 0 bridgehead atoms. The number of halogens is 1. The molecule has 1 fully saturated rings. The standard InChI is InChI=1S/C33H29FN4O2S/c1-37-15-12-21(13-16-37)20-6-8-22(9-7-20)30-19-25-29(41-30)14-17-38(33(25)40)31(24-18-23(34)10-11-28(24)39)32-35-26-4-2-3-5-27(26)36-32/h2-11,14,17-19,21,31,39H,12-13,15-16H2,1H3,(H,35,36). The van der Waals surface area contributed by atoms with Gasteiger partial charge in [-0.3, -0.25) is 9.36 Å². The van der Waals surface area contributed by atoms with E-state index in [0.29, 0.717) is 17.1 Å². The number of pyridine rings is 1. The number of aromatic hydroxyl groups is 1. The SMILES string of the molecule is CN1CCC(c2ccc(-c3cc4c(=O)n(C(c5nc6ccccc6[nH]5)c5cc(F)ccc5O)ccc4s3)cc2)CC1. The molecule has 6 nitrogen and oxygen atoms in total. The molecule has 8 heteroatoms. The van der Waals surface area contributed by atoms with E-state index in [9.17, 15) is 14.3 Å². The summed E-state index contributed by atoms with van der Waals surface area (Å²) in [5.41, 5.74) is 3.98. The fourth-order valence-corrected chi connectivity index (χ4v) is 6.99. The fourth-order valence-electron chi connectivity index (χ4n) is 5.93. The number of aromatic amines is 1. The van der Waals surface area contributed by atoms with Crippen molar-refractivity contribution in [1.29, 1.82) is 0 Å². The lowest BCUT2D eigenvalue weighted by Gasteiger charge is -2.29. The van der Waals surface area contributed by atoms with Gasteiger partial charge in [0.2, 0.25) is 0 Å². The minimum atomic E-state index is -0.854. The van der Waals surface area contributed by atoms with Crippen LogP contribution >= 0.6 is 11.3 Å². The number of nitrogens with zero attached hydrogens (tertiary/aromatic N) is 3. The van der Waals surface area contributed by atoms with Crippen LogP contribution in [0.5, 0.6) is 5.75 Å². The van der Waals surface area contributed by atoms with Gasteiger partial charge in [-0.1, -0.05) is 36.4 Å². The normalized spacial score (nSPS) is 15.6. The largest absolute Gasteiger partial charge is 0.508 e. The van der Waals surface area contributed by atoms with Gasteiger partial charge in [0, 0.05) is 21.3 Å². The summed E-state index contributed by atoms with van der Waals surface area (Å²) < 4.78 is 16.8. The summed E-state index contributed by atoms with van der Waals surface area (Å²) in [6, 6.07) is 23.0. The van der Waals surface area contributed by atoms with Crippen LogP contribution < -0.4 is 5.56 Å². The van der Waals surface area contributed by atoms with Crippen LogP contribution in [0.1, 0.15) is 41.8 Å². The van der Waals surface area contributed by atoms with Crippen LogP contribution in [0.4, 0.5) is 4.39 Å². The summed E-state index contributed by atoms with van der Waals surface area (Å²) in [5.74, 6) is 0.409. The summed E-state index contributed by atoms with van der Waals surface area (Å²) >= 11 is 1.57. The predicted molar refractivity (Wildman–Crippen MR) is 162 cm³/mol. The number of para-hydroxylation sites is 2. The van der Waals surface area contributed by atoms with Crippen molar-refractivity contribution in [3.63, 3.8) is 0 Å². The second kappa shape index (κ2) is 10.3. The molecular formula is C33H29FN4O2S. The zero-order chi connectivity index (χ0) is 28.1. The van der Waals surface area contributed by atoms with Crippen LogP contribution in [0.3, 0.4) is 0 Å². The molecule has 0 aliphatic carbocycles. The van der Waals surface area contributed by atoms with Crippen molar-refractivity contribution < 1.29 is 9.50 Å². The van der Waals surface area contributed by atoms with E-state index in [1.54, 1.807) is 17.5 Å². The third kappa shape index (κ3) is 4.73. The maximum Gasteiger partial charge on any atom is 0.260 e. The fraction of sp³-hybridized carbons (Fsp3) is 0.212. The molecule has 0 spiro atoms. The molecule has 1 saturated heterocycles. The summed E-state index contributed by atoms with van der Waals surface area (Å²) in [4.78, 5) is 25.4. The Morgan fingerprint density at radius 1 is 1.02 bits per heavy atom. The average Bonchev–Trinajstić information content (AvgIpc) is 3.62. The van der Waals surface area contributed by atoms with Crippen molar-refractivity contribution in [3.05, 3.63) is 118 Å². The minimum Gasteiger partial charge on any atom is -0.508 e. The molecule has 3 aromatic carbocycles. The summed E-state index contributed by atoms with van der Waals surface area (Å²) in [6.45, 7) is 2.24. The van der Waals surface area contributed by atoms with E-state index in [4.69, 9.17) is 4.98 Å². The predicted octanol–water partition coefficient (Wildman–Crippen LogP) is 6.90. The Morgan fingerprint density at radius 3 is 2.59 bits per heavy atom. The van der Waals surface area contributed by atoms with Crippen molar-refractivity contribution in [1.82, 2.24) is 19.4 Å². The topological polar surface area (TPSA) is 74.2 Å². The lowest BCUT2D eigenvalue weighted by atomic mass is 9.89. The van der Waals surface area contributed by atoms with Gasteiger partial charge >= 0.3 is 0 Å². The first-order valence-corrected chi connectivity index (χ1v) is 14.6. The Balaban J connectivity index is 1.30. The second-order valence-electron chi connectivity index (χ2n) is 10.9. The number of phenolic OH excluding ortho intramolecular Hbond substituents is 1. The van der Waals surface area contributed by atoms with Gasteiger partial charge in [0.05, 0.1) is 16.4 Å². The van der Waals surface area contributed by atoms with Gasteiger partial charge in [0.1, 0.15) is 23.4 Å². The van der Waals surface area contributed by atoms with Crippen molar-refractivity contribution in [2.45, 2.75) is 24.8 Å². The Kier molecular flexibility index (Phi) is 6.44. The highest BCUT2D eigenvalue weighted by atomic mass is 32.1. The van der Waals surface area contributed by atoms with Gasteiger partial charge in [-0.05, 0) is 92.5 Å². The van der Waals surface area contributed by atoms with Gasteiger partial charge in [-0.2, -0.15) is 0 Å². The number of hydrogen-bond acceptors (Lipinski definition) is 5. The number of phenols is 1. The zero-order valence-electron chi connectivity index (χ0n) is 22.5. The highest BCUT2D eigenvalue weighted by Crippen LogP contribution is 2.36. The number of likely N-dealkylation sites (tertiary alicyclic amines) is 1. The first-order chi connectivity index (χ1) is 19.9. The van der Waals surface area contributed by atoms with Gasteiger partial charge in [-0.15, -0.1) is 11.3 Å². The Labute approximate surface area is 240 Å². The van der Waals surface area contributed by atoms with E-state index in [1.807, 2.05) is 36.4 Å². The quantitative estimate of drug-likeness (QED) is 0.239. The van der Waals surface area contributed by atoms with E-state index < -0.39 is 11.9 Å². The van der Waals surface area contributed by atoms with E-state index in [0.717, 1.165) is 39.3 Å². The number of piperidine rings is 1. The molecule has 4 heterocycles. The van der Waals surface area contributed by atoms with E-state index in [-0.39, 0.29) is 16.9 Å². The molecule has 0 saturated carbocycles. The molecule has 3 aromatic heterocycles. The van der Waals surface area contributed by atoms with Crippen LogP contribution in [-0.2, 0) is 0 Å². The molecule has 7 rings (SSSR count). The molecule has 1 atom stereocenters. The molecule has 6 aromatic rings. The molecule has 206 valence electrons. The van der Waals surface area contributed by atoms with Crippen molar-refractivity contribution in [2.24, 2.45) is 0 Å². The molecular weight excluding hydrogens is 535 g/mol. The molecule has 0 radical (unpaired) electrons. The molecule has 41 heavy (non-hydrogen) atoms. The van der Waals surface area contributed by atoms with Gasteiger partial charge in [-0.25, -0.2) is 9.37 Å². The van der Waals surface area contributed by atoms with Crippen LogP contribution in [0.2, 0.25) is 0 Å². The summed E-state index contributed by atoms with van der Waals surface area (Å²) in [5, 5.41) is 11.3. The number of benzene rings is 3. The van der Waals surface area contributed by atoms with Gasteiger partial charge in [0.25, 0.3) is 5.56 Å². The maximum absolute atomic E-state index is 14.4. The highest BCUT2D eigenvalue weighted by molar-refractivity contribution is 7.22. The first kappa shape index (κ1) is 25.7. The number of rotatable bonds is 5. The van der Waals surface area contributed by atoms with E-state index >= 15 is 0 Å². The maximum atomic E-state index is 14.4. The third-order valence-corrected chi connectivity index (χ3v) is 9.38. The van der Waals surface area contributed by atoms with Crippen molar-refractivity contribution in [2.75, 3.05) is 20.1 Å². The lowest BCUT2D eigenvalue weighted by molar-refractivity contribution is 0.255. The lowest BCUT2D eigenvalue weighted by Crippen LogP contribution is -2.29. The van der Waals surface area contributed by atoms with Crippen molar-refractivity contribution >= 4 is 32.5 Å². The molecule has 0 amide bonds. The average molecular weight is 565 g/mol. The van der Waals surface area contributed by atoms with E-state index in [2.05, 4.69) is 41.2 Å². The van der Waals surface area contributed by atoms with Crippen LogP contribution in [-0.4, -0.2) is 44.7 Å². The number of nitrogens with one attached hydrogen (secondary N) is 1. The molecule has 1 unspecified atom stereocenters. The summed E-state index contributed by atoms with van der Waals surface area (Å²) in [7, 11) is 2.18. The molecule has 2 N–H and O–H groups in total. The molecule has 1 aliphatic heterocycles. The molecule has 1 aliphatic rings. The van der Waals surface area contributed by atoms with Crippen LogP contribution in [0.25, 0.3) is 31.6 Å². The number of fused-ring (bicyclic) bond motifs is 2. The van der Waals surface area contributed by atoms with Gasteiger partial charge < -0.3 is 15.0 Å². The smallest absolute Gasteiger partial charge is 0.260 e. The Bertz CT molecular complexity index is 1900. The first-order valence-electron chi connectivity index (χ1n) is 13.8. The number of aromatic nitrogens is 3. The third-order valence-electron chi connectivity index (χ3n) is 8.23. The Hall–Kier alpha value is -4.27. The second-order valence-corrected chi connectivity index (χ2v) is 11.9. The number of H-pyrrole nitrogens is 1. The number of imidazole rings is 1. The van der Waals surface area contributed by atoms with Crippen LogP contribution in [0, 0.1) is 5.82 Å². The van der Waals surface area contributed by atoms with E-state index in [1.165, 1.54) is 41.2 Å². The number of hydrogen-bond donors (Lipinski definition) is 2. The summed E-state index contributed by atoms with van der Waals surface area (Å²) in [6.07, 6.45) is 4.05. The Morgan fingerprint density at radius 2 is 1.80 bits per heavy atom. The van der Waals surface area contributed by atoms with Crippen LogP contribution in [0.15, 0.2) is 89.9 Å². The zero-order valence-corrected chi connectivity index (χ0v) is 23.4. The minimum absolute atomic E-state index is 0.112. The number of thiophene rings is 1. The van der Waals surface area contributed by atoms with Gasteiger partial charge in [0.15, 0.2) is 0 Å². The highest BCUT2D eigenvalue weighted by Gasteiger charge is 2.26.